The molecule has 0 unspecified atom stereocenters. The molecule has 0 spiro atoms. The van der Waals surface area contributed by atoms with E-state index < -0.39 is 0 Å². The van der Waals surface area contributed by atoms with Crippen molar-refractivity contribution in [2.24, 2.45) is 0 Å². The minimum absolute atomic E-state index is 0. The van der Waals surface area contributed by atoms with E-state index >= 15 is 0 Å². The Bertz CT molecular complexity index is 1170. The molecule has 2 aromatic carbocycles. The average Bonchev–Trinajstić information content (AvgIpc) is 2.83. The smallest absolute Gasteiger partial charge is 0.378 e. The zero-order valence-electron chi connectivity index (χ0n) is 21.9. The van der Waals surface area contributed by atoms with Crippen molar-refractivity contribution in [1.82, 2.24) is 9.97 Å². The third-order valence-electron chi connectivity index (χ3n) is 5.90. The molecule has 0 amide bonds. The number of hydrogen-bond donors (Lipinski definition) is 0. The summed E-state index contributed by atoms with van der Waals surface area (Å²) in [4.78, 5) is 13.0. The predicted molar refractivity (Wildman–Crippen MR) is 145 cm³/mol. The third-order valence-corrected chi connectivity index (χ3v) is 5.90. The minimum atomic E-state index is 0. The van der Waals surface area contributed by atoms with Gasteiger partial charge in [0, 0.05) is 52.0 Å². The van der Waals surface area contributed by atoms with E-state index in [9.17, 15) is 0 Å². The summed E-state index contributed by atoms with van der Waals surface area (Å²) >= 11 is 0. The summed E-state index contributed by atoms with van der Waals surface area (Å²) in [6, 6.07) is 23.3. The topological polar surface area (TPSA) is 32.3 Å². The third kappa shape index (κ3) is 7.50. The van der Waals surface area contributed by atoms with E-state index in [4.69, 9.17) is 0 Å². The predicted octanol–water partition coefficient (Wildman–Crippen LogP) is 6.46. The van der Waals surface area contributed by atoms with Gasteiger partial charge in [0.1, 0.15) is 0 Å². The molecule has 2 heterocycles. The van der Waals surface area contributed by atoms with Crippen molar-refractivity contribution in [2.75, 3.05) is 38.0 Å². The van der Waals surface area contributed by atoms with Crippen molar-refractivity contribution in [3.8, 4) is 22.5 Å². The Balaban J connectivity index is 0.000000240. The summed E-state index contributed by atoms with van der Waals surface area (Å²) in [5, 5.41) is 0. The number of rotatable bonds is 4. The Morgan fingerprint density at radius 1 is 0.571 bits per heavy atom. The minimum Gasteiger partial charge on any atom is -0.378 e. The molecule has 4 rings (SSSR count). The van der Waals surface area contributed by atoms with Crippen LogP contribution in [0.1, 0.15) is 22.3 Å². The van der Waals surface area contributed by atoms with Crippen molar-refractivity contribution >= 4 is 11.4 Å². The Labute approximate surface area is 225 Å². The van der Waals surface area contributed by atoms with Crippen molar-refractivity contribution in [3.05, 3.63) is 95.3 Å². The molecule has 5 heteroatoms. The van der Waals surface area contributed by atoms with Crippen LogP contribution in [0.5, 0.6) is 0 Å². The monoisotopic (exact) mass is 645 g/mol. The van der Waals surface area contributed by atoms with Crippen LogP contribution in [0.25, 0.3) is 22.5 Å². The van der Waals surface area contributed by atoms with Crippen molar-refractivity contribution < 1.29 is 21.1 Å². The molecule has 0 aliphatic rings. The normalized spacial score (nSPS) is 10.1. The largest absolute Gasteiger partial charge is 2.00 e. The van der Waals surface area contributed by atoms with Gasteiger partial charge in [0.05, 0.1) is 0 Å². The fourth-order valence-electron chi connectivity index (χ4n) is 3.34. The summed E-state index contributed by atoms with van der Waals surface area (Å²) in [6.45, 7) is 8.35. The van der Waals surface area contributed by atoms with E-state index in [1.807, 2.05) is 52.7 Å². The molecule has 4 aromatic rings. The molecule has 0 aliphatic carbocycles. The zero-order chi connectivity index (χ0) is 24.8. The van der Waals surface area contributed by atoms with Gasteiger partial charge in [-0.05, 0) is 23.5 Å². The molecule has 2 aromatic heterocycles. The fourth-order valence-corrected chi connectivity index (χ4v) is 3.34. The molecular weight excluding hydrogens is 611 g/mol. The SMILES string of the molecule is Cc1[c-]c(-c2cc(N(C)C)ccn2)ccc1C.Cc1[c-]c(-c2cc(N(C)C)ccn2)ccc1C.[Pt+2]. The number of nitrogens with zero attached hydrogens (tertiary/aromatic N) is 4. The first kappa shape index (κ1) is 28.3. The molecular formula is C30H34N4Pt. The molecule has 35 heavy (non-hydrogen) atoms. The van der Waals surface area contributed by atoms with E-state index in [0.717, 1.165) is 33.9 Å². The van der Waals surface area contributed by atoms with E-state index in [0.29, 0.717) is 0 Å². The van der Waals surface area contributed by atoms with E-state index in [1.54, 1.807) is 0 Å². The standard InChI is InChI=1S/2C15H17N2.Pt/c2*1-11-5-6-13(9-12(11)2)15-10-14(17(3)4)7-8-16-15;/h2*5-8,10H,1-4H3;/q2*-1;+2. The van der Waals surface area contributed by atoms with E-state index in [-0.39, 0.29) is 21.1 Å². The Morgan fingerprint density at radius 2 is 0.943 bits per heavy atom. The maximum absolute atomic E-state index is 4.40. The van der Waals surface area contributed by atoms with Gasteiger partial charge in [0.2, 0.25) is 0 Å². The van der Waals surface area contributed by atoms with Gasteiger partial charge in [-0.3, -0.25) is 0 Å². The number of benzene rings is 2. The van der Waals surface area contributed by atoms with Crippen LogP contribution in [0.2, 0.25) is 0 Å². The quantitative estimate of drug-likeness (QED) is 0.239. The molecule has 184 valence electrons. The zero-order valence-corrected chi connectivity index (χ0v) is 24.2. The van der Waals surface area contributed by atoms with Gasteiger partial charge < -0.3 is 19.8 Å². The van der Waals surface area contributed by atoms with Gasteiger partial charge in [-0.2, -0.15) is 0 Å². The number of aromatic nitrogens is 2. The molecule has 4 nitrogen and oxygen atoms in total. The fraction of sp³-hybridized carbons (Fsp3) is 0.267. The van der Waals surface area contributed by atoms with Crippen molar-refractivity contribution in [2.45, 2.75) is 27.7 Å². The van der Waals surface area contributed by atoms with Crippen LogP contribution in [-0.2, 0) is 21.1 Å². The summed E-state index contributed by atoms with van der Waals surface area (Å²) in [7, 11) is 8.12. The van der Waals surface area contributed by atoms with Crippen molar-refractivity contribution in [3.63, 3.8) is 0 Å². The summed E-state index contributed by atoms with van der Waals surface area (Å²) in [5.41, 5.74) is 11.2. The van der Waals surface area contributed by atoms with Crippen LogP contribution in [0.3, 0.4) is 0 Å². The van der Waals surface area contributed by atoms with E-state index in [1.165, 1.54) is 22.3 Å². The number of anilines is 2. The van der Waals surface area contributed by atoms with Crippen LogP contribution in [-0.4, -0.2) is 38.2 Å². The van der Waals surface area contributed by atoms with Crippen LogP contribution >= 0.6 is 0 Å². The molecule has 0 atom stereocenters. The number of aryl methyl sites for hydroxylation is 4. The summed E-state index contributed by atoms with van der Waals surface area (Å²) in [5.74, 6) is 0. The molecule has 0 saturated carbocycles. The van der Waals surface area contributed by atoms with Gasteiger partial charge in [-0.25, -0.2) is 0 Å². The average molecular weight is 646 g/mol. The molecule has 0 fully saturated rings. The second-order valence-electron chi connectivity index (χ2n) is 8.95. The maximum atomic E-state index is 4.40. The van der Waals surface area contributed by atoms with Crippen molar-refractivity contribution in [1.29, 1.82) is 0 Å². The van der Waals surface area contributed by atoms with Gasteiger partial charge in [-0.1, -0.05) is 39.8 Å². The summed E-state index contributed by atoms with van der Waals surface area (Å²) < 4.78 is 0. The second kappa shape index (κ2) is 12.7. The molecule has 0 N–H and O–H groups in total. The molecule has 0 aliphatic heterocycles. The molecule has 0 saturated heterocycles. The van der Waals surface area contributed by atoms with Crippen LogP contribution in [0.15, 0.2) is 60.9 Å². The first-order valence-corrected chi connectivity index (χ1v) is 11.4. The second-order valence-corrected chi connectivity index (χ2v) is 8.95. The van der Waals surface area contributed by atoms with Gasteiger partial charge in [0.25, 0.3) is 0 Å². The maximum Gasteiger partial charge on any atom is 2.00 e. The number of pyridine rings is 2. The van der Waals surface area contributed by atoms with Gasteiger partial charge >= 0.3 is 21.1 Å². The Hall–Kier alpha value is -2.97. The Kier molecular flexibility index (Phi) is 10.2. The van der Waals surface area contributed by atoms with Gasteiger partial charge in [0.15, 0.2) is 0 Å². The van der Waals surface area contributed by atoms with Gasteiger partial charge in [-0.15, -0.1) is 69.8 Å². The molecule has 0 radical (unpaired) electrons. The van der Waals surface area contributed by atoms with Crippen LogP contribution in [0.4, 0.5) is 11.4 Å². The number of hydrogen-bond acceptors (Lipinski definition) is 4. The Morgan fingerprint density at radius 3 is 1.26 bits per heavy atom. The van der Waals surface area contributed by atoms with Crippen LogP contribution < -0.4 is 9.80 Å². The van der Waals surface area contributed by atoms with E-state index in [2.05, 4.69) is 96.0 Å². The summed E-state index contributed by atoms with van der Waals surface area (Å²) in [6.07, 6.45) is 3.68. The first-order chi connectivity index (χ1) is 16.2. The molecule has 0 bridgehead atoms. The van der Waals surface area contributed by atoms with Crippen LogP contribution in [0, 0.1) is 39.8 Å². The first-order valence-electron chi connectivity index (χ1n) is 11.4.